The third-order valence-electron chi connectivity index (χ3n) is 8.22. The summed E-state index contributed by atoms with van der Waals surface area (Å²) >= 11 is 0. The van der Waals surface area contributed by atoms with E-state index in [0.717, 1.165) is 49.2 Å². The predicted octanol–water partition coefficient (Wildman–Crippen LogP) is 6.49. The molecule has 0 N–H and O–H groups in total. The Bertz CT molecular complexity index is 1290. The monoisotopic (exact) mass is 550 g/mol. The maximum Gasteiger partial charge on any atom is 0.415 e. The van der Waals surface area contributed by atoms with Gasteiger partial charge in [0.15, 0.2) is 0 Å². The first kappa shape index (κ1) is 28.0. The third-order valence-corrected chi connectivity index (χ3v) is 8.22. The van der Waals surface area contributed by atoms with Crippen LogP contribution in [0.4, 0.5) is 20.6 Å². The van der Waals surface area contributed by atoms with E-state index in [0.29, 0.717) is 31.0 Å². The molecule has 3 aliphatic rings. The van der Waals surface area contributed by atoms with Gasteiger partial charge in [-0.3, -0.25) is 9.69 Å². The summed E-state index contributed by atoms with van der Waals surface area (Å²) in [6.45, 7) is 13.5. The summed E-state index contributed by atoms with van der Waals surface area (Å²) in [7, 11) is 0. The van der Waals surface area contributed by atoms with Gasteiger partial charge in [0.25, 0.3) is 0 Å². The summed E-state index contributed by atoms with van der Waals surface area (Å²) in [5.74, 6) is 0.204. The molecule has 8 heteroatoms. The van der Waals surface area contributed by atoms with Crippen LogP contribution in [-0.4, -0.2) is 50.0 Å². The molecule has 0 radical (unpaired) electrons. The van der Waals surface area contributed by atoms with Gasteiger partial charge < -0.3 is 19.1 Å². The van der Waals surface area contributed by atoms with Gasteiger partial charge in [0.1, 0.15) is 23.3 Å². The summed E-state index contributed by atoms with van der Waals surface area (Å²) in [5.41, 5.74) is 3.01. The summed E-state index contributed by atoms with van der Waals surface area (Å²) in [6.07, 6.45) is 3.76. The number of benzene rings is 2. The van der Waals surface area contributed by atoms with Gasteiger partial charge in [-0.1, -0.05) is 12.6 Å². The number of hydrogen-bond acceptors (Lipinski definition) is 6. The van der Waals surface area contributed by atoms with Crippen molar-refractivity contribution < 1.29 is 28.2 Å². The minimum absolute atomic E-state index is 0.0352. The van der Waals surface area contributed by atoms with Crippen molar-refractivity contribution in [3.63, 3.8) is 0 Å². The van der Waals surface area contributed by atoms with Crippen LogP contribution in [0.15, 0.2) is 49.1 Å². The molecule has 1 unspecified atom stereocenters. The standard InChI is InChI=1S/C32H39FN2O5/c1-6-24-20-35(30(37)40-31(3,4)5)27-11-9-23(18-28(27)39-24)34-14-12-32(13-15-34)19-21(16-29(36)38-7-2)25-10-8-22(33)17-26(25)32/h6,8-11,17-18,21,24H,1,7,12-16,19-20H2,2-5H3/t21-,24?/m1/s1. The first-order valence-corrected chi connectivity index (χ1v) is 14.2. The van der Waals surface area contributed by atoms with Crippen LogP contribution < -0.4 is 14.5 Å². The Labute approximate surface area is 235 Å². The van der Waals surface area contributed by atoms with E-state index in [2.05, 4.69) is 11.5 Å². The van der Waals surface area contributed by atoms with E-state index in [9.17, 15) is 14.0 Å². The number of rotatable bonds is 5. The molecule has 1 spiro atoms. The van der Waals surface area contributed by atoms with E-state index in [1.54, 1.807) is 17.0 Å². The molecule has 1 aliphatic carbocycles. The molecule has 2 atom stereocenters. The average Bonchev–Trinajstić information content (AvgIpc) is 3.18. The lowest BCUT2D eigenvalue weighted by Crippen LogP contribution is -2.45. The van der Waals surface area contributed by atoms with Crippen LogP contribution in [0.5, 0.6) is 5.75 Å². The highest BCUT2D eigenvalue weighted by molar-refractivity contribution is 5.91. The van der Waals surface area contributed by atoms with Crippen molar-refractivity contribution in [2.24, 2.45) is 0 Å². The van der Waals surface area contributed by atoms with Crippen LogP contribution in [0, 0.1) is 5.82 Å². The summed E-state index contributed by atoms with van der Waals surface area (Å²) in [4.78, 5) is 29.2. The number of hydrogen-bond donors (Lipinski definition) is 0. The van der Waals surface area contributed by atoms with Crippen LogP contribution in [0.3, 0.4) is 0 Å². The summed E-state index contributed by atoms with van der Waals surface area (Å²) in [6, 6.07) is 10.9. The topological polar surface area (TPSA) is 68.3 Å². The van der Waals surface area contributed by atoms with E-state index in [1.165, 1.54) is 6.07 Å². The molecular formula is C32H39FN2O5. The highest BCUT2D eigenvalue weighted by atomic mass is 19.1. The molecule has 214 valence electrons. The number of anilines is 2. The molecule has 1 fully saturated rings. The molecule has 1 amide bonds. The van der Waals surface area contributed by atoms with E-state index < -0.39 is 11.7 Å². The number of amides is 1. The van der Waals surface area contributed by atoms with Gasteiger partial charge in [0.05, 0.1) is 25.3 Å². The molecule has 0 aromatic heterocycles. The molecule has 7 nitrogen and oxygen atoms in total. The number of piperidine rings is 1. The average molecular weight is 551 g/mol. The number of halogens is 1. The highest BCUT2D eigenvalue weighted by Gasteiger charge is 2.46. The van der Waals surface area contributed by atoms with Crippen molar-refractivity contribution in [2.75, 3.05) is 36.0 Å². The van der Waals surface area contributed by atoms with Crippen molar-refractivity contribution in [2.45, 2.75) is 76.4 Å². The van der Waals surface area contributed by atoms with Crippen molar-refractivity contribution in [1.82, 2.24) is 0 Å². The minimum Gasteiger partial charge on any atom is -0.482 e. The normalized spacial score (nSPS) is 21.3. The van der Waals surface area contributed by atoms with E-state index in [4.69, 9.17) is 14.2 Å². The van der Waals surface area contributed by atoms with Gasteiger partial charge in [0, 0.05) is 24.8 Å². The van der Waals surface area contributed by atoms with Crippen molar-refractivity contribution in [3.8, 4) is 5.75 Å². The Kier molecular flexibility index (Phi) is 7.55. The molecule has 5 rings (SSSR count). The number of ether oxygens (including phenoxy) is 3. The number of fused-ring (bicyclic) bond motifs is 3. The zero-order chi connectivity index (χ0) is 28.7. The van der Waals surface area contributed by atoms with Gasteiger partial charge in [-0.2, -0.15) is 0 Å². The van der Waals surface area contributed by atoms with Crippen molar-refractivity contribution >= 4 is 23.4 Å². The van der Waals surface area contributed by atoms with Crippen molar-refractivity contribution in [1.29, 1.82) is 0 Å². The lowest BCUT2D eigenvalue weighted by atomic mass is 9.73. The number of carbonyl (C=O) groups excluding carboxylic acids is 2. The molecule has 1 saturated heterocycles. The zero-order valence-electron chi connectivity index (χ0n) is 23.9. The molecule has 0 saturated carbocycles. The fraction of sp³-hybridized carbons (Fsp3) is 0.500. The van der Waals surface area contributed by atoms with Gasteiger partial charge >= 0.3 is 12.1 Å². The lowest BCUT2D eigenvalue weighted by molar-refractivity contribution is -0.143. The van der Waals surface area contributed by atoms with Gasteiger partial charge in [0.2, 0.25) is 0 Å². The van der Waals surface area contributed by atoms with Gasteiger partial charge in [-0.15, -0.1) is 0 Å². The quantitative estimate of drug-likeness (QED) is 0.313. The third kappa shape index (κ3) is 5.54. The Morgan fingerprint density at radius 1 is 1.18 bits per heavy atom. The first-order valence-electron chi connectivity index (χ1n) is 14.2. The molecular weight excluding hydrogens is 511 g/mol. The van der Waals surface area contributed by atoms with Crippen LogP contribution in [0.2, 0.25) is 0 Å². The Hall–Kier alpha value is -3.55. The number of esters is 1. The SMILES string of the molecule is C=CC1CN(C(=O)OC(C)(C)C)c2ccc(N3CCC4(CC3)C[C@@H](CC(=O)OCC)c3ccc(F)cc34)cc2O1. The molecule has 2 heterocycles. The fourth-order valence-electron chi connectivity index (χ4n) is 6.41. The number of carbonyl (C=O) groups is 2. The largest absolute Gasteiger partial charge is 0.482 e. The van der Waals surface area contributed by atoms with Gasteiger partial charge in [-0.05, 0) is 99.8 Å². The Morgan fingerprint density at radius 2 is 1.93 bits per heavy atom. The second-order valence-corrected chi connectivity index (χ2v) is 12.0. The predicted molar refractivity (Wildman–Crippen MR) is 153 cm³/mol. The fourth-order valence-corrected chi connectivity index (χ4v) is 6.41. The molecule has 40 heavy (non-hydrogen) atoms. The Morgan fingerprint density at radius 3 is 2.60 bits per heavy atom. The Balaban J connectivity index is 1.35. The molecule has 2 aromatic rings. The molecule has 2 aliphatic heterocycles. The van der Waals surface area contributed by atoms with Crippen LogP contribution in [0.1, 0.15) is 70.4 Å². The first-order chi connectivity index (χ1) is 19.0. The van der Waals surface area contributed by atoms with Crippen molar-refractivity contribution in [3.05, 3.63) is 66.0 Å². The molecule has 2 aromatic carbocycles. The molecule has 0 bridgehead atoms. The van der Waals surface area contributed by atoms with E-state index in [1.807, 2.05) is 52.0 Å². The summed E-state index contributed by atoms with van der Waals surface area (Å²) < 4.78 is 31.4. The van der Waals surface area contributed by atoms with Gasteiger partial charge in [-0.25, -0.2) is 9.18 Å². The highest BCUT2D eigenvalue weighted by Crippen LogP contribution is 2.53. The smallest absolute Gasteiger partial charge is 0.415 e. The summed E-state index contributed by atoms with van der Waals surface area (Å²) in [5, 5.41) is 0. The minimum atomic E-state index is -0.611. The second-order valence-electron chi connectivity index (χ2n) is 12.0. The van der Waals surface area contributed by atoms with E-state index in [-0.39, 0.29) is 29.2 Å². The van der Waals surface area contributed by atoms with E-state index >= 15 is 0 Å². The zero-order valence-corrected chi connectivity index (χ0v) is 23.9. The van der Waals surface area contributed by atoms with Crippen LogP contribution >= 0.6 is 0 Å². The van der Waals surface area contributed by atoms with Crippen LogP contribution in [-0.2, 0) is 19.7 Å². The van der Waals surface area contributed by atoms with Crippen LogP contribution in [0.25, 0.3) is 0 Å². The number of nitrogens with zero attached hydrogens (tertiary/aromatic N) is 2. The second kappa shape index (κ2) is 10.8. The lowest BCUT2D eigenvalue weighted by Gasteiger charge is -2.42. The maximum atomic E-state index is 14.4. The maximum absolute atomic E-state index is 14.4.